The highest BCUT2D eigenvalue weighted by Crippen LogP contribution is 2.29. The number of hydrogen-bond donors (Lipinski definition) is 0. The minimum atomic E-state index is 0.486. The second-order valence-corrected chi connectivity index (χ2v) is 4.51. The molecule has 1 heterocycles. The van der Waals surface area contributed by atoms with Crippen molar-refractivity contribution in [3.63, 3.8) is 0 Å². The molecule has 1 fully saturated rings. The first kappa shape index (κ1) is 9.69. The summed E-state index contributed by atoms with van der Waals surface area (Å²) in [5, 5.41) is 4.37. The van der Waals surface area contributed by atoms with Crippen molar-refractivity contribution in [2.75, 3.05) is 0 Å². The molecule has 0 N–H and O–H groups in total. The third-order valence-electron chi connectivity index (χ3n) is 3.04. The molecule has 1 aromatic heterocycles. The Bertz CT molecular complexity index is 284. The van der Waals surface area contributed by atoms with Gasteiger partial charge >= 0.3 is 0 Å². The molecule has 1 aliphatic carbocycles. The van der Waals surface area contributed by atoms with Crippen LogP contribution in [-0.2, 0) is 0 Å². The average Bonchev–Trinajstić information content (AvgIpc) is 2.67. The van der Waals surface area contributed by atoms with Crippen molar-refractivity contribution < 1.29 is 0 Å². The maximum Gasteiger partial charge on any atom is 0.138 e. The maximum absolute atomic E-state index is 4.37. The molecular weight excluding hydrogens is 174 g/mol. The van der Waals surface area contributed by atoms with E-state index in [-0.39, 0.29) is 0 Å². The molecule has 0 radical (unpaired) electrons. The summed E-state index contributed by atoms with van der Waals surface area (Å²) in [5.74, 6) is 1.64. The Morgan fingerprint density at radius 3 is 2.64 bits per heavy atom. The Kier molecular flexibility index (Phi) is 2.85. The van der Waals surface area contributed by atoms with E-state index >= 15 is 0 Å². The Balaban J connectivity index is 2.17. The van der Waals surface area contributed by atoms with Gasteiger partial charge in [-0.05, 0) is 12.8 Å². The SMILES string of the molecule is CC(C)c1ncnn1C1CCCCC1. The van der Waals surface area contributed by atoms with Gasteiger partial charge < -0.3 is 0 Å². The first-order chi connectivity index (χ1) is 6.79. The smallest absolute Gasteiger partial charge is 0.138 e. The van der Waals surface area contributed by atoms with Crippen molar-refractivity contribution in [2.45, 2.75) is 57.9 Å². The fourth-order valence-corrected chi connectivity index (χ4v) is 2.28. The van der Waals surface area contributed by atoms with Crippen molar-refractivity contribution in [3.8, 4) is 0 Å². The second kappa shape index (κ2) is 4.11. The van der Waals surface area contributed by atoms with E-state index in [0.717, 1.165) is 5.82 Å². The van der Waals surface area contributed by atoms with Crippen LogP contribution in [0, 0.1) is 0 Å². The van der Waals surface area contributed by atoms with Crippen LogP contribution in [0.4, 0.5) is 0 Å². The molecule has 2 rings (SSSR count). The highest BCUT2D eigenvalue weighted by atomic mass is 15.3. The summed E-state index contributed by atoms with van der Waals surface area (Å²) < 4.78 is 2.16. The fourth-order valence-electron chi connectivity index (χ4n) is 2.28. The lowest BCUT2D eigenvalue weighted by Gasteiger charge is -2.23. The van der Waals surface area contributed by atoms with Crippen LogP contribution in [0.1, 0.15) is 63.7 Å². The molecule has 1 aliphatic rings. The summed E-state index contributed by atoms with van der Waals surface area (Å²) in [7, 11) is 0. The molecule has 0 spiro atoms. The van der Waals surface area contributed by atoms with Gasteiger partial charge in [0.1, 0.15) is 12.2 Å². The van der Waals surface area contributed by atoms with Crippen molar-refractivity contribution in [3.05, 3.63) is 12.2 Å². The molecular formula is C11H19N3. The van der Waals surface area contributed by atoms with Crippen LogP contribution in [0.2, 0.25) is 0 Å². The molecule has 1 aromatic rings. The van der Waals surface area contributed by atoms with Gasteiger partial charge in [0.2, 0.25) is 0 Å². The van der Waals surface area contributed by atoms with Gasteiger partial charge in [0.05, 0.1) is 6.04 Å². The van der Waals surface area contributed by atoms with Gasteiger partial charge in [-0.25, -0.2) is 9.67 Å². The molecule has 14 heavy (non-hydrogen) atoms. The van der Waals surface area contributed by atoms with Crippen LogP contribution < -0.4 is 0 Å². The minimum absolute atomic E-state index is 0.486. The van der Waals surface area contributed by atoms with Crippen LogP contribution in [0.5, 0.6) is 0 Å². The Morgan fingerprint density at radius 1 is 1.29 bits per heavy atom. The second-order valence-electron chi connectivity index (χ2n) is 4.51. The molecule has 0 atom stereocenters. The fraction of sp³-hybridized carbons (Fsp3) is 0.818. The lowest BCUT2D eigenvalue weighted by molar-refractivity contribution is 0.318. The van der Waals surface area contributed by atoms with Gasteiger partial charge in [0.15, 0.2) is 0 Å². The van der Waals surface area contributed by atoms with Crippen molar-refractivity contribution >= 4 is 0 Å². The molecule has 0 bridgehead atoms. The largest absolute Gasteiger partial charge is 0.247 e. The summed E-state index contributed by atoms with van der Waals surface area (Å²) in [5.41, 5.74) is 0. The van der Waals surface area contributed by atoms with Gasteiger partial charge in [-0.15, -0.1) is 0 Å². The summed E-state index contributed by atoms with van der Waals surface area (Å²) in [6.07, 6.45) is 8.35. The van der Waals surface area contributed by atoms with E-state index in [1.165, 1.54) is 32.1 Å². The zero-order chi connectivity index (χ0) is 9.97. The third-order valence-corrected chi connectivity index (χ3v) is 3.04. The topological polar surface area (TPSA) is 30.7 Å². The summed E-state index contributed by atoms with van der Waals surface area (Å²) >= 11 is 0. The first-order valence-electron chi connectivity index (χ1n) is 5.68. The predicted octanol–water partition coefficient (Wildman–Crippen LogP) is 2.91. The number of aromatic nitrogens is 3. The van der Waals surface area contributed by atoms with Crippen LogP contribution in [0.25, 0.3) is 0 Å². The van der Waals surface area contributed by atoms with Crippen LogP contribution in [-0.4, -0.2) is 14.8 Å². The average molecular weight is 193 g/mol. The van der Waals surface area contributed by atoms with E-state index in [1.807, 2.05) is 0 Å². The highest BCUT2D eigenvalue weighted by Gasteiger charge is 2.19. The van der Waals surface area contributed by atoms with Crippen molar-refractivity contribution in [1.82, 2.24) is 14.8 Å². The third kappa shape index (κ3) is 1.81. The van der Waals surface area contributed by atoms with Gasteiger partial charge in [-0.1, -0.05) is 33.1 Å². The predicted molar refractivity (Wildman–Crippen MR) is 56.2 cm³/mol. The lowest BCUT2D eigenvalue weighted by Crippen LogP contribution is -2.17. The standard InChI is InChI=1S/C11H19N3/c1-9(2)11-12-8-13-14(11)10-6-4-3-5-7-10/h8-10H,3-7H2,1-2H3. The molecule has 78 valence electrons. The zero-order valence-electron chi connectivity index (χ0n) is 9.11. The molecule has 1 saturated carbocycles. The number of rotatable bonds is 2. The van der Waals surface area contributed by atoms with Crippen LogP contribution >= 0.6 is 0 Å². The van der Waals surface area contributed by atoms with Crippen molar-refractivity contribution in [2.24, 2.45) is 0 Å². The minimum Gasteiger partial charge on any atom is -0.247 e. The van der Waals surface area contributed by atoms with E-state index in [4.69, 9.17) is 0 Å². The van der Waals surface area contributed by atoms with E-state index in [2.05, 4.69) is 28.6 Å². The van der Waals surface area contributed by atoms with Gasteiger partial charge in [0, 0.05) is 5.92 Å². The molecule has 0 amide bonds. The molecule has 3 heteroatoms. The Morgan fingerprint density at radius 2 is 2.00 bits per heavy atom. The van der Waals surface area contributed by atoms with Gasteiger partial charge in [0.25, 0.3) is 0 Å². The number of hydrogen-bond acceptors (Lipinski definition) is 2. The Hall–Kier alpha value is -0.860. The summed E-state index contributed by atoms with van der Waals surface area (Å²) in [6, 6.07) is 0.614. The van der Waals surface area contributed by atoms with Gasteiger partial charge in [-0.3, -0.25) is 0 Å². The van der Waals surface area contributed by atoms with E-state index in [0.29, 0.717) is 12.0 Å². The molecule has 0 aromatic carbocycles. The van der Waals surface area contributed by atoms with Crippen LogP contribution in [0.3, 0.4) is 0 Å². The molecule has 0 aliphatic heterocycles. The Labute approximate surface area is 85.5 Å². The quantitative estimate of drug-likeness (QED) is 0.723. The molecule has 0 saturated heterocycles. The van der Waals surface area contributed by atoms with E-state index < -0.39 is 0 Å². The van der Waals surface area contributed by atoms with Crippen molar-refractivity contribution in [1.29, 1.82) is 0 Å². The van der Waals surface area contributed by atoms with E-state index in [1.54, 1.807) is 6.33 Å². The van der Waals surface area contributed by atoms with Gasteiger partial charge in [-0.2, -0.15) is 5.10 Å². The maximum atomic E-state index is 4.37. The van der Waals surface area contributed by atoms with E-state index in [9.17, 15) is 0 Å². The number of nitrogens with zero attached hydrogens (tertiary/aromatic N) is 3. The highest BCUT2D eigenvalue weighted by molar-refractivity contribution is 4.94. The summed E-state index contributed by atoms with van der Waals surface area (Å²) in [4.78, 5) is 4.34. The normalized spacial score (nSPS) is 19.1. The first-order valence-corrected chi connectivity index (χ1v) is 5.68. The van der Waals surface area contributed by atoms with Crippen LogP contribution in [0.15, 0.2) is 6.33 Å². The summed E-state index contributed by atoms with van der Waals surface area (Å²) in [6.45, 7) is 4.37. The molecule has 3 nitrogen and oxygen atoms in total. The zero-order valence-corrected chi connectivity index (χ0v) is 9.11. The molecule has 0 unspecified atom stereocenters. The monoisotopic (exact) mass is 193 g/mol. The lowest BCUT2D eigenvalue weighted by atomic mass is 9.95.